The zero-order valence-electron chi connectivity index (χ0n) is 24.5. The fraction of sp³-hybridized carbons (Fsp3) is 0.250. The molecule has 2 aromatic heterocycles. The number of nitrogens with zero attached hydrogens (tertiary/aromatic N) is 2. The Morgan fingerprint density at radius 3 is 2.61 bits per heavy atom. The molecule has 0 radical (unpaired) electrons. The highest BCUT2D eigenvalue weighted by Gasteiger charge is 2.34. The number of benzene rings is 2. The summed E-state index contributed by atoms with van der Waals surface area (Å²) in [6.07, 6.45) is 1.49. The highest BCUT2D eigenvalue weighted by atomic mass is 35.5. The smallest absolute Gasteiger partial charge is 0.338 e. The van der Waals surface area contributed by atoms with Crippen LogP contribution in [-0.2, 0) is 9.53 Å². The number of allylic oxidation sites excluding steroid dienone is 1. The van der Waals surface area contributed by atoms with Crippen molar-refractivity contribution in [3.63, 3.8) is 0 Å². The molecule has 0 fully saturated rings. The largest absolute Gasteiger partial charge is 0.493 e. The molecule has 3 heterocycles. The van der Waals surface area contributed by atoms with Crippen LogP contribution in [0.15, 0.2) is 74.0 Å². The van der Waals surface area contributed by atoms with Gasteiger partial charge in [0.15, 0.2) is 16.3 Å². The first-order chi connectivity index (χ1) is 21.0. The fourth-order valence-electron chi connectivity index (χ4n) is 4.87. The Labute approximate surface area is 261 Å². The van der Waals surface area contributed by atoms with Crippen LogP contribution >= 0.6 is 22.9 Å². The minimum Gasteiger partial charge on any atom is -0.493 e. The summed E-state index contributed by atoms with van der Waals surface area (Å²) >= 11 is 7.16. The number of fused-ring (bicyclic) bond motifs is 1. The number of carbonyl (C=O) groups excluding carboxylic acids is 1. The summed E-state index contributed by atoms with van der Waals surface area (Å²) in [6.45, 7) is 7.38. The molecule has 0 unspecified atom stereocenters. The van der Waals surface area contributed by atoms with Gasteiger partial charge in [-0.1, -0.05) is 29.0 Å². The Hall–Kier alpha value is -4.61. The third kappa shape index (κ3) is 5.93. The molecule has 10 nitrogen and oxygen atoms in total. The Morgan fingerprint density at radius 1 is 1.16 bits per heavy atom. The first kappa shape index (κ1) is 30.8. The van der Waals surface area contributed by atoms with Gasteiger partial charge in [-0.15, -0.1) is 0 Å². The number of furan rings is 1. The van der Waals surface area contributed by atoms with E-state index in [1.54, 1.807) is 56.3 Å². The number of halogens is 1. The van der Waals surface area contributed by atoms with Crippen molar-refractivity contribution < 1.29 is 33.3 Å². The van der Waals surface area contributed by atoms with Gasteiger partial charge < -0.3 is 23.7 Å². The van der Waals surface area contributed by atoms with Gasteiger partial charge in [-0.05, 0) is 75.7 Å². The number of ether oxygens (including phenoxy) is 3. The monoisotopic (exact) mass is 636 g/mol. The van der Waals surface area contributed by atoms with Crippen LogP contribution in [0.2, 0.25) is 5.02 Å². The Kier molecular flexibility index (Phi) is 8.80. The normalized spacial score (nSPS) is 14.8. The van der Waals surface area contributed by atoms with Crippen LogP contribution in [0.4, 0.5) is 0 Å². The summed E-state index contributed by atoms with van der Waals surface area (Å²) < 4.78 is 24.6. The average molecular weight is 637 g/mol. The van der Waals surface area contributed by atoms with E-state index in [4.69, 9.17) is 30.2 Å². The van der Waals surface area contributed by atoms with E-state index in [2.05, 4.69) is 4.99 Å². The van der Waals surface area contributed by atoms with Crippen LogP contribution in [0.1, 0.15) is 55.4 Å². The van der Waals surface area contributed by atoms with Crippen LogP contribution in [0, 0.1) is 0 Å². The van der Waals surface area contributed by atoms with E-state index in [1.807, 2.05) is 13.8 Å². The maximum Gasteiger partial charge on any atom is 0.338 e. The third-order valence-corrected chi connectivity index (χ3v) is 8.08. The predicted molar refractivity (Wildman–Crippen MR) is 165 cm³/mol. The maximum absolute atomic E-state index is 14.0. The number of methoxy groups -OCH3 is 1. The molecular formula is C32H29ClN2O8S. The number of esters is 1. The first-order valence-corrected chi connectivity index (χ1v) is 14.9. The van der Waals surface area contributed by atoms with Crippen LogP contribution < -0.4 is 24.4 Å². The molecular weight excluding hydrogens is 608 g/mol. The lowest BCUT2D eigenvalue weighted by molar-refractivity contribution is -0.139. The van der Waals surface area contributed by atoms with Crippen molar-refractivity contribution in [2.24, 2.45) is 4.99 Å². The molecule has 44 heavy (non-hydrogen) atoms. The van der Waals surface area contributed by atoms with Gasteiger partial charge >= 0.3 is 11.9 Å². The van der Waals surface area contributed by atoms with Gasteiger partial charge in [-0.2, -0.15) is 0 Å². The highest BCUT2D eigenvalue weighted by Crippen LogP contribution is 2.36. The van der Waals surface area contributed by atoms with Crippen molar-refractivity contribution in [2.75, 3.05) is 13.7 Å². The molecule has 1 atom stereocenters. The van der Waals surface area contributed by atoms with Crippen LogP contribution in [-0.4, -0.2) is 41.4 Å². The Bertz CT molecular complexity index is 1990. The number of rotatable bonds is 9. The second kappa shape index (κ2) is 12.6. The van der Waals surface area contributed by atoms with Crippen molar-refractivity contribution in [3.05, 3.63) is 101 Å². The van der Waals surface area contributed by atoms with Gasteiger partial charge in [-0.25, -0.2) is 14.6 Å². The van der Waals surface area contributed by atoms with Gasteiger partial charge in [0.1, 0.15) is 11.5 Å². The van der Waals surface area contributed by atoms with Crippen molar-refractivity contribution in [1.29, 1.82) is 0 Å². The molecule has 1 aliphatic heterocycles. The standard InChI is InChI=1S/C32H29ClN2O8S/c1-6-41-31(39)27-17(4)34-32-35(28(27)19-8-11-24(42-16(2)3)25(14-19)40-5)29(36)26(44-32)15-20-9-12-23(43-20)18-7-10-22(33)21(13-18)30(37)38/h7-16,28H,6H2,1-5H3,(H,37,38)/b26-15+/t28-/m0/s1. The Balaban J connectivity index is 1.63. The topological polar surface area (TPSA) is 130 Å². The van der Waals surface area contributed by atoms with Gasteiger partial charge in [-0.3, -0.25) is 9.36 Å². The van der Waals surface area contributed by atoms with Crippen molar-refractivity contribution in [1.82, 2.24) is 4.57 Å². The molecule has 12 heteroatoms. The lowest BCUT2D eigenvalue weighted by Crippen LogP contribution is -2.40. The second-order valence-corrected chi connectivity index (χ2v) is 11.5. The van der Waals surface area contributed by atoms with Gasteiger partial charge in [0.05, 0.1) is 52.3 Å². The van der Waals surface area contributed by atoms with E-state index in [-0.39, 0.29) is 34.4 Å². The number of aromatic carboxylic acids is 1. The molecule has 0 saturated heterocycles. The van der Waals surface area contributed by atoms with Crippen LogP contribution in [0.5, 0.6) is 11.5 Å². The summed E-state index contributed by atoms with van der Waals surface area (Å²) in [6, 6.07) is 12.3. The predicted octanol–water partition coefficient (Wildman–Crippen LogP) is 5.21. The number of aromatic nitrogens is 1. The second-order valence-electron chi connectivity index (χ2n) is 10.1. The molecule has 0 aliphatic carbocycles. The lowest BCUT2D eigenvalue weighted by Gasteiger charge is -2.25. The minimum atomic E-state index is -1.16. The van der Waals surface area contributed by atoms with E-state index in [0.29, 0.717) is 49.2 Å². The lowest BCUT2D eigenvalue weighted by atomic mass is 9.95. The molecule has 0 saturated carbocycles. The third-order valence-electron chi connectivity index (χ3n) is 6.76. The maximum atomic E-state index is 14.0. The molecule has 0 amide bonds. The number of thiazole rings is 1. The fourth-order valence-corrected chi connectivity index (χ4v) is 6.09. The van der Waals surface area contributed by atoms with Gasteiger partial charge in [0, 0.05) is 11.6 Å². The van der Waals surface area contributed by atoms with E-state index in [0.717, 1.165) is 11.3 Å². The van der Waals surface area contributed by atoms with E-state index >= 15 is 0 Å². The van der Waals surface area contributed by atoms with Crippen molar-refractivity contribution in [2.45, 2.75) is 39.8 Å². The van der Waals surface area contributed by atoms with E-state index in [1.165, 1.54) is 23.8 Å². The van der Waals surface area contributed by atoms with Gasteiger partial charge in [0.25, 0.3) is 5.56 Å². The number of carboxylic acid groups (broad SMARTS) is 1. The van der Waals surface area contributed by atoms with Crippen molar-refractivity contribution in [3.8, 4) is 22.8 Å². The average Bonchev–Trinajstić information content (AvgIpc) is 3.56. The summed E-state index contributed by atoms with van der Waals surface area (Å²) in [4.78, 5) is 43.7. The molecule has 5 rings (SSSR count). The zero-order chi connectivity index (χ0) is 31.7. The Morgan fingerprint density at radius 2 is 1.93 bits per heavy atom. The quantitative estimate of drug-likeness (QED) is 0.248. The minimum absolute atomic E-state index is 0.0522. The number of hydrogen-bond donors (Lipinski definition) is 1. The summed E-state index contributed by atoms with van der Waals surface area (Å²) in [5.41, 5.74) is 1.36. The van der Waals surface area contributed by atoms with Crippen molar-refractivity contribution >= 4 is 41.0 Å². The van der Waals surface area contributed by atoms with E-state index < -0.39 is 18.0 Å². The summed E-state index contributed by atoms with van der Waals surface area (Å²) in [5.74, 6) is 0.0175. The highest BCUT2D eigenvalue weighted by molar-refractivity contribution is 7.07. The molecule has 228 valence electrons. The zero-order valence-corrected chi connectivity index (χ0v) is 26.1. The molecule has 0 spiro atoms. The number of hydrogen-bond acceptors (Lipinski definition) is 9. The molecule has 4 aromatic rings. The van der Waals surface area contributed by atoms with Crippen LogP contribution in [0.25, 0.3) is 17.4 Å². The van der Waals surface area contributed by atoms with E-state index in [9.17, 15) is 19.5 Å². The SMILES string of the molecule is CCOC(=O)C1=C(C)N=c2s/c(=C/c3ccc(-c4ccc(Cl)c(C(=O)O)c4)o3)c(=O)n2[C@H]1c1ccc(OC(C)C)c(OC)c1. The summed E-state index contributed by atoms with van der Waals surface area (Å²) in [5, 5.41) is 9.53. The molecule has 1 aliphatic rings. The van der Waals surface area contributed by atoms with Gasteiger partial charge in [0.2, 0.25) is 0 Å². The number of carboxylic acids is 1. The number of carbonyl (C=O) groups is 2. The molecule has 0 bridgehead atoms. The molecule has 2 aromatic carbocycles. The van der Waals surface area contributed by atoms with Crippen LogP contribution in [0.3, 0.4) is 0 Å². The molecule has 1 N–H and O–H groups in total. The first-order valence-electron chi connectivity index (χ1n) is 13.7. The summed E-state index contributed by atoms with van der Waals surface area (Å²) in [7, 11) is 1.52.